The SMILES string of the molecule is CC(C)c1cc(-c2ccccc2)cc(C(C)C)c1-n1c(-c2[c-]ccc3c2oc2c(C#N)cccc23)nc2ccccc21.[2H]C([2H])([2H])c1cnc(-c2[c-]cc(F)cc2)cc1C(C)C.[Ir]. The minimum atomic E-state index is -2.18. The van der Waals surface area contributed by atoms with Crippen LogP contribution in [0.2, 0.25) is 0 Å². The van der Waals surface area contributed by atoms with Crippen molar-refractivity contribution in [1.82, 2.24) is 14.5 Å². The van der Waals surface area contributed by atoms with Gasteiger partial charge in [-0.25, -0.2) is 0 Å². The number of hydrogen-bond acceptors (Lipinski definition) is 4. The zero-order valence-corrected chi connectivity index (χ0v) is 36.7. The number of nitriles is 1. The Kier molecular flexibility index (Phi) is 11.1. The summed E-state index contributed by atoms with van der Waals surface area (Å²) in [5.74, 6) is 0.999. The Morgan fingerprint density at radius 3 is 2.12 bits per heavy atom. The molecule has 0 saturated carbocycles. The van der Waals surface area contributed by atoms with Crippen molar-refractivity contribution in [2.45, 2.75) is 66.1 Å². The van der Waals surface area contributed by atoms with Crippen molar-refractivity contribution in [2.75, 3.05) is 0 Å². The Hall–Kier alpha value is -6.19. The predicted molar refractivity (Wildman–Crippen MR) is 238 cm³/mol. The number of benzene rings is 6. The van der Waals surface area contributed by atoms with E-state index < -0.39 is 6.85 Å². The van der Waals surface area contributed by atoms with E-state index in [1.165, 1.54) is 40.6 Å². The number of hydrogen-bond donors (Lipinski definition) is 0. The molecular weight excluding hydrogens is 920 g/mol. The van der Waals surface area contributed by atoms with Gasteiger partial charge in [0.15, 0.2) is 0 Å². The molecule has 3 aromatic heterocycles. The Bertz CT molecular complexity index is 3100. The van der Waals surface area contributed by atoms with E-state index in [2.05, 4.69) is 116 Å². The molecule has 0 spiro atoms. The van der Waals surface area contributed by atoms with E-state index >= 15 is 0 Å². The molecule has 0 saturated heterocycles. The van der Waals surface area contributed by atoms with Crippen LogP contribution in [0.1, 0.15) is 91.2 Å². The average Bonchev–Trinajstić information content (AvgIpc) is 3.85. The summed E-state index contributed by atoms with van der Waals surface area (Å²) in [6.45, 7) is 10.7. The van der Waals surface area contributed by atoms with Gasteiger partial charge in [0, 0.05) is 47.3 Å². The van der Waals surface area contributed by atoms with Gasteiger partial charge in [0.25, 0.3) is 0 Å². The average molecular weight is 968 g/mol. The van der Waals surface area contributed by atoms with Crippen molar-refractivity contribution in [2.24, 2.45) is 0 Å². The second-order valence-corrected chi connectivity index (χ2v) is 15.7. The first-order chi connectivity index (χ1) is 29.7. The van der Waals surface area contributed by atoms with E-state index in [9.17, 15) is 9.65 Å². The number of para-hydroxylation sites is 3. The molecule has 0 aliphatic heterocycles. The third kappa shape index (κ3) is 7.94. The van der Waals surface area contributed by atoms with Gasteiger partial charge in [-0.15, -0.1) is 48.0 Å². The zero-order chi connectivity index (χ0) is 43.9. The summed E-state index contributed by atoms with van der Waals surface area (Å²) in [6.07, 6.45) is 1.38. The van der Waals surface area contributed by atoms with Crippen molar-refractivity contribution in [3.8, 4) is 45.5 Å². The Balaban J connectivity index is 0.000000239. The molecule has 60 heavy (non-hydrogen) atoms. The molecule has 0 N–H and O–H groups in total. The number of pyridine rings is 1. The van der Waals surface area contributed by atoms with E-state index in [-0.39, 0.29) is 49.2 Å². The zero-order valence-electron chi connectivity index (χ0n) is 37.3. The maximum atomic E-state index is 12.9. The number of halogens is 1. The standard InChI is InChI=1S/C38H30N3O.C15H15FN.Ir/c1-23(2)31-20-27(25-12-6-5-7-13-25)21-32(24(3)4)35(31)41-34-19-9-8-18-33(34)40-38(41)30-17-11-16-29-28-15-10-14-26(22-39)36(28)42-37(29)30;1-10(2)14-8-15(17-9-11(14)3)12-4-6-13(16)7-5-12;/h5-16,18-21,23-24H,1-4H3;4,6-10H,1-3H3;/q2*-1;/i;3D3;. The van der Waals surface area contributed by atoms with E-state index in [0.717, 1.165) is 44.4 Å². The second kappa shape index (κ2) is 17.6. The second-order valence-electron chi connectivity index (χ2n) is 15.7. The molecule has 7 heteroatoms. The number of imidazole rings is 1. The number of aromatic nitrogens is 3. The molecule has 0 aliphatic carbocycles. The summed E-state index contributed by atoms with van der Waals surface area (Å²) in [7, 11) is 0. The summed E-state index contributed by atoms with van der Waals surface area (Å²) in [5.41, 5.74) is 12.8. The molecule has 9 aromatic rings. The van der Waals surface area contributed by atoms with E-state index in [4.69, 9.17) is 13.5 Å². The molecule has 0 atom stereocenters. The summed E-state index contributed by atoms with van der Waals surface area (Å²) in [4.78, 5) is 9.38. The molecule has 0 unspecified atom stereocenters. The summed E-state index contributed by atoms with van der Waals surface area (Å²) in [6, 6.07) is 47.7. The van der Waals surface area contributed by atoms with E-state index in [1.54, 1.807) is 18.2 Å². The molecule has 1 radical (unpaired) electrons. The summed E-state index contributed by atoms with van der Waals surface area (Å²) in [5, 5.41) is 11.6. The molecule has 3 heterocycles. The van der Waals surface area contributed by atoms with Gasteiger partial charge in [0.2, 0.25) is 0 Å². The Labute approximate surface area is 369 Å². The van der Waals surface area contributed by atoms with Gasteiger partial charge in [-0.3, -0.25) is 9.37 Å². The van der Waals surface area contributed by atoms with Crippen molar-refractivity contribution in [3.05, 3.63) is 173 Å². The van der Waals surface area contributed by atoms with Crippen molar-refractivity contribution in [3.63, 3.8) is 0 Å². The quantitative estimate of drug-likeness (QED) is 0.149. The molecule has 9 rings (SSSR count). The van der Waals surface area contributed by atoms with Crippen LogP contribution < -0.4 is 0 Å². The van der Waals surface area contributed by atoms with Crippen molar-refractivity contribution in [1.29, 1.82) is 5.26 Å². The minimum Gasteiger partial charge on any atom is -0.499 e. The van der Waals surface area contributed by atoms with Gasteiger partial charge in [-0.05, 0) is 94.0 Å². The molecule has 0 aliphatic rings. The molecular formula is C53H45FIrN4O-2. The van der Waals surface area contributed by atoms with E-state index in [0.29, 0.717) is 28.0 Å². The first-order valence-corrected chi connectivity index (χ1v) is 19.9. The first kappa shape index (κ1) is 38.0. The fourth-order valence-electron chi connectivity index (χ4n) is 7.71. The van der Waals surface area contributed by atoms with Crippen LogP contribution in [0.4, 0.5) is 4.39 Å². The number of furan rings is 1. The smallest absolute Gasteiger partial charge is 0.138 e. The normalized spacial score (nSPS) is 12.2. The number of aryl methyl sites for hydroxylation is 1. The third-order valence-electron chi connectivity index (χ3n) is 10.7. The van der Waals surface area contributed by atoms with Gasteiger partial charge in [-0.2, -0.15) is 5.26 Å². The molecule has 0 bridgehead atoms. The molecule has 301 valence electrons. The maximum absolute atomic E-state index is 12.9. The Morgan fingerprint density at radius 2 is 1.45 bits per heavy atom. The Morgan fingerprint density at radius 1 is 0.750 bits per heavy atom. The van der Waals surface area contributed by atoms with Crippen LogP contribution in [0.15, 0.2) is 132 Å². The largest absolute Gasteiger partial charge is 0.499 e. The number of nitrogens with zero attached hydrogens (tertiary/aromatic N) is 4. The van der Waals surface area contributed by atoms with Gasteiger partial charge in [-0.1, -0.05) is 113 Å². The van der Waals surface area contributed by atoms with Crippen LogP contribution in [0.3, 0.4) is 0 Å². The molecule has 5 nitrogen and oxygen atoms in total. The first-order valence-electron chi connectivity index (χ1n) is 21.4. The van der Waals surface area contributed by atoms with E-state index in [1.807, 2.05) is 44.2 Å². The number of fused-ring (bicyclic) bond motifs is 4. The third-order valence-corrected chi connectivity index (χ3v) is 10.7. The minimum absolute atomic E-state index is 0. The summed E-state index contributed by atoms with van der Waals surface area (Å²) >= 11 is 0. The van der Waals surface area contributed by atoms with Gasteiger partial charge >= 0.3 is 0 Å². The van der Waals surface area contributed by atoms with Crippen LogP contribution in [0.25, 0.3) is 72.4 Å². The fraction of sp³-hybridized carbons (Fsp3) is 0.189. The monoisotopic (exact) mass is 968 g/mol. The van der Waals surface area contributed by atoms with Crippen LogP contribution >= 0.6 is 0 Å². The van der Waals surface area contributed by atoms with Crippen LogP contribution in [0.5, 0.6) is 0 Å². The molecule has 0 fully saturated rings. The van der Waals surface area contributed by atoms with Crippen LogP contribution in [-0.2, 0) is 20.1 Å². The van der Waals surface area contributed by atoms with Crippen molar-refractivity contribution >= 4 is 33.0 Å². The fourth-order valence-corrected chi connectivity index (χ4v) is 7.71. The van der Waals surface area contributed by atoms with Crippen LogP contribution in [-0.4, -0.2) is 14.5 Å². The molecule has 6 aromatic carbocycles. The van der Waals surface area contributed by atoms with Gasteiger partial charge in [0.1, 0.15) is 11.7 Å². The van der Waals surface area contributed by atoms with Gasteiger partial charge in [0.05, 0.1) is 28.0 Å². The van der Waals surface area contributed by atoms with Crippen molar-refractivity contribution < 1.29 is 33.0 Å². The molecule has 0 amide bonds. The van der Waals surface area contributed by atoms with Crippen LogP contribution in [0, 0.1) is 36.1 Å². The topological polar surface area (TPSA) is 67.6 Å². The summed E-state index contributed by atoms with van der Waals surface area (Å²) < 4.78 is 44.3. The number of rotatable bonds is 7. The maximum Gasteiger partial charge on any atom is 0.138 e. The van der Waals surface area contributed by atoms with Gasteiger partial charge < -0.3 is 14.0 Å². The predicted octanol–water partition coefficient (Wildman–Crippen LogP) is 14.3.